The molecule has 1 amide bonds. The van der Waals surface area contributed by atoms with Crippen LogP contribution in [0.25, 0.3) is 0 Å². The van der Waals surface area contributed by atoms with E-state index in [-0.39, 0.29) is 11.6 Å². The summed E-state index contributed by atoms with van der Waals surface area (Å²) in [5.41, 5.74) is -0.792. The third-order valence-corrected chi connectivity index (χ3v) is 3.03. The Hall–Kier alpha value is -1.63. The van der Waals surface area contributed by atoms with Gasteiger partial charge in [-0.1, -0.05) is 5.16 Å². The number of hydrogen-bond acceptors (Lipinski definition) is 6. The summed E-state index contributed by atoms with van der Waals surface area (Å²) in [7, 11) is 0. The van der Waals surface area contributed by atoms with Gasteiger partial charge in [0.15, 0.2) is 5.82 Å². The molecule has 1 aromatic rings. The average molecular weight is 326 g/mol. The van der Waals surface area contributed by atoms with Crippen molar-refractivity contribution in [3.05, 3.63) is 11.7 Å². The lowest BCUT2D eigenvalue weighted by atomic mass is 10.1. The molecule has 0 aliphatic heterocycles. The molecular weight excluding hydrogens is 296 g/mol. The maximum atomic E-state index is 12.3. The summed E-state index contributed by atoms with van der Waals surface area (Å²) in [5, 5.41) is 7.14. The number of carbonyl (C=O) groups is 1. The Morgan fingerprint density at radius 1 is 1.22 bits per heavy atom. The highest BCUT2D eigenvalue weighted by atomic mass is 16.6. The molecule has 0 unspecified atom stereocenters. The fourth-order valence-corrected chi connectivity index (χ4v) is 1.98. The van der Waals surface area contributed by atoms with Gasteiger partial charge in [0.2, 0.25) is 5.89 Å². The number of rotatable bonds is 6. The molecule has 1 N–H and O–H groups in total. The summed E-state index contributed by atoms with van der Waals surface area (Å²) in [4.78, 5) is 18.2. The summed E-state index contributed by atoms with van der Waals surface area (Å²) in [6.07, 6.45) is 0.403. The van der Waals surface area contributed by atoms with Crippen molar-refractivity contribution < 1.29 is 14.1 Å². The second-order valence-corrected chi connectivity index (χ2v) is 7.53. The van der Waals surface area contributed by atoms with Crippen molar-refractivity contribution in [3.63, 3.8) is 0 Å². The number of aryl methyl sites for hydroxylation is 1. The lowest BCUT2D eigenvalue weighted by Crippen LogP contribution is -2.50. The molecule has 0 aromatic carbocycles. The maximum absolute atomic E-state index is 12.3. The normalized spacial score (nSPS) is 12.3. The van der Waals surface area contributed by atoms with Gasteiger partial charge < -0.3 is 19.5 Å². The molecule has 0 aliphatic rings. The number of aromatic nitrogens is 2. The monoisotopic (exact) mass is 326 g/mol. The van der Waals surface area contributed by atoms with E-state index < -0.39 is 5.60 Å². The van der Waals surface area contributed by atoms with E-state index in [1.165, 1.54) is 0 Å². The van der Waals surface area contributed by atoms with Gasteiger partial charge in [0.25, 0.3) is 0 Å². The Labute approximate surface area is 138 Å². The molecule has 132 valence electrons. The van der Waals surface area contributed by atoms with Crippen molar-refractivity contribution in [2.24, 2.45) is 0 Å². The minimum Gasteiger partial charge on any atom is -0.444 e. The van der Waals surface area contributed by atoms with Gasteiger partial charge in [0, 0.05) is 38.5 Å². The number of carbonyl (C=O) groups excluding carboxylic acids is 1. The van der Waals surface area contributed by atoms with Crippen LogP contribution in [0.15, 0.2) is 4.52 Å². The first kappa shape index (κ1) is 19.4. The molecule has 0 spiro atoms. The van der Waals surface area contributed by atoms with Crippen LogP contribution in [0.1, 0.15) is 53.3 Å². The Bertz CT molecular complexity index is 500. The largest absolute Gasteiger partial charge is 0.444 e. The highest BCUT2D eigenvalue weighted by molar-refractivity contribution is 5.69. The molecule has 0 aliphatic carbocycles. The first-order chi connectivity index (χ1) is 10.5. The fraction of sp³-hybridized carbons (Fsp3) is 0.812. The van der Waals surface area contributed by atoms with Crippen LogP contribution < -0.4 is 5.32 Å². The van der Waals surface area contributed by atoms with Gasteiger partial charge in [-0.25, -0.2) is 4.79 Å². The summed E-state index contributed by atoms with van der Waals surface area (Å²) < 4.78 is 10.4. The Morgan fingerprint density at radius 3 is 2.35 bits per heavy atom. The zero-order valence-corrected chi connectivity index (χ0v) is 15.4. The Morgan fingerprint density at radius 2 is 1.87 bits per heavy atom. The number of amides is 1. The Kier molecular flexibility index (Phi) is 6.56. The van der Waals surface area contributed by atoms with Crippen molar-refractivity contribution in [1.82, 2.24) is 20.4 Å². The molecule has 7 heteroatoms. The average Bonchev–Trinajstić information content (AvgIpc) is 2.75. The van der Waals surface area contributed by atoms with E-state index in [1.54, 1.807) is 11.8 Å². The molecule has 1 aromatic heterocycles. The van der Waals surface area contributed by atoms with Gasteiger partial charge in [-0.05, 0) is 41.5 Å². The van der Waals surface area contributed by atoms with Crippen LogP contribution >= 0.6 is 0 Å². The van der Waals surface area contributed by atoms with Crippen LogP contribution in [0.5, 0.6) is 0 Å². The van der Waals surface area contributed by atoms with Gasteiger partial charge in [-0.3, -0.25) is 0 Å². The van der Waals surface area contributed by atoms with Crippen LogP contribution in [0, 0.1) is 6.92 Å². The quantitative estimate of drug-likeness (QED) is 0.809. The minimum absolute atomic E-state index is 0.291. The lowest BCUT2D eigenvalue weighted by Gasteiger charge is -2.36. The van der Waals surface area contributed by atoms with Crippen molar-refractivity contribution in [3.8, 4) is 0 Å². The van der Waals surface area contributed by atoms with E-state index in [0.29, 0.717) is 31.2 Å². The number of nitrogens with zero attached hydrogens (tertiary/aromatic N) is 3. The highest BCUT2D eigenvalue weighted by Gasteiger charge is 2.30. The highest BCUT2D eigenvalue weighted by Crippen LogP contribution is 2.17. The number of ether oxygens (including phenoxy) is 1. The zero-order valence-electron chi connectivity index (χ0n) is 15.4. The van der Waals surface area contributed by atoms with Gasteiger partial charge in [-0.2, -0.15) is 4.98 Å². The molecule has 0 saturated carbocycles. The van der Waals surface area contributed by atoms with E-state index >= 15 is 0 Å². The predicted molar refractivity (Wildman–Crippen MR) is 88.3 cm³/mol. The number of nitrogens with one attached hydrogen (secondary N) is 1. The third-order valence-electron chi connectivity index (χ3n) is 3.03. The third kappa shape index (κ3) is 7.45. The van der Waals surface area contributed by atoms with Crippen molar-refractivity contribution in [1.29, 1.82) is 0 Å². The first-order valence-corrected chi connectivity index (χ1v) is 7.99. The second-order valence-electron chi connectivity index (χ2n) is 7.53. The summed E-state index contributed by atoms with van der Waals surface area (Å²) in [5.74, 6) is 1.26. The van der Waals surface area contributed by atoms with Gasteiger partial charge in [0.1, 0.15) is 5.60 Å². The smallest absolute Gasteiger partial charge is 0.410 e. The molecule has 1 heterocycles. The summed E-state index contributed by atoms with van der Waals surface area (Å²) >= 11 is 0. The second kappa shape index (κ2) is 7.77. The van der Waals surface area contributed by atoms with Crippen LogP contribution in [-0.2, 0) is 11.2 Å². The standard InChI is InChI=1S/C16H30N4O3/c1-12-18-13(19-23-12)8-9-17-10-11-20(15(2,3)4)14(21)22-16(5,6)7/h17H,8-11H2,1-7H3. The molecule has 0 fully saturated rings. The minimum atomic E-state index is -0.496. The fourth-order valence-electron chi connectivity index (χ4n) is 1.98. The lowest BCUT2D eigenvalue weighted by molar-refractivity contribution is 0.00666. The zero-order chi connectivity index (χ0) is 17.7. The van der Waals surface area contributed by atoms with E-state index in [9.17, 15) is 4.79 Å². The van der Waals surface area contributed by atoms with E-state index in [4.69, 9.17) is 9.26 Å². The van der Waals surface area contributed by atoms with Crippen LogP contribution in [0.2, 0.25) is 0 Å². The van der Waals surface area contributed by atoms with Gasteiger partial charge in [-0.15, -0.1) is 0 Å². The van der Waals surface area contributed by atoms with Crippen LogP contribution in [-0.4, -0.2) is 51.9 Å². The molecule has 23 heavy (non-hydrogen) atoms. The summed E-state index contributed by atoms with van der Waals surface area (Å²) in [6.45, 7) is 15.4. The number of hydrogen-bond donors (Lipinski definition) is 1. The molecule has 0 bridgehead atoms. The first-order valence-electron chi connectivity index (χ1n) is 7.99. The SMILES string of the molecule is Cc1nc(CCNCCN(C(=O)OC(C)(C)C)C(C)(C)C)no1. The van der Waals surface area contributed by atoms with E-state index in [1.807, 2.05) is 41.5 Å². The molecule has 0 saturated heterocycles. The summed E-state index contributed by atoms with van der Waals surface area (Å²) in [6, 6.07) is 0. The molecule has 1 rings (SSSR count). The molecule has 7 nitrogen and oxygen atoms in total. The Balaban J connectivity index is 2.41. The predicted octanol–water partition coefficient (Wildman–Crippen LogP) is 2.55. The van der Waals surface area contributed by atoms with Crippen molar-refractivity contribution in [2.45, 2.75) is 66.0 Å². The van der Waals surface area contributed by atoms with Gasteiger partial charge >= 0.3 is 6.09 Å². The van der Waals surface area contributed by atoms with Crippen molar-refractivity contribution in [2.75, 3.05) is 19.6 Å². The van der Waals surface area contributed by atoms with Crippen LogP contribution in [0.3, 0.4) is 0 Å². The molecular formula is C16H30N4O3. The van der Waals surface area contributed by atoms with Crippen molar-refractivity contribution >= 4 is 6.09 Å². The topological polar surface area (TPSA) is 80.5 Å². The van der Waals surface area contributed by atoms with Gasteiger partial charge in [0.05, 0.1) is 0 Å². The molecule has 0 atom stereocenters. The molecule has 0 radical (unpaired) electrons. The van der Waals surface area contributed by atoms with E-state index in [0.717, 1.165) is 6.54 Å². The van der Waals surface area contributed by atoms with Crippen LogP contribution in [0.4, 0.5) is 4.79 Å². The maximum Gasteiger partial charge on any atom is 0.410 e. The van der Waals surface area contributed by atoms with E-state index in [2.05, 4.69) is 15.5 Å².